The van der Waals surface area contributed by atoms with Crippen LogP contribution in [-0.4, -0.2) is 6.04 Å². The lowest BCUT2D eigenvalue weighted by atomic mass is 9.95. The maximum atomic E-state index is 3.60. The molecule has 1 N–H and O–H groups in total. The lowest BCUT2D eigenvalue weighted by Crippen LogP contribution is -2.15. The first-order chi connectivity index (χ1) is 10.1. The molecule has 0 amide bonds. The Labute approximate surface area is 128 Å². The fraction of sp³-hybridized carbons (Fsp3) is 0.400. The van der Waals surface area contributed by atoms with Crippen LogP contribution >= 0.6 is 0 Å². The van der Waals surface area contributed by atoms with Gasteiger partial charge in [-0.3, -0.25) is 0 Å². The van der Waals surface area contributed by atoms with E-state index in [4.69, 9.17) is 0 Å². The third kappa shape index (κ3) is 3.54. The second-order valence-electron chi connectivity index (χ2n) is 6.58. The Morgan fingerprint density at radius 1 is 1.05 bits per heavy atom. The van der Waals surface area contributed by atoms with E-state index >= 15 is 0 Å². The van der Waals surface area contributed by atoms with Crippen LogP contribution in [0.15, 0.2) is 42.5 Å². The molecule has 2 aromatic rings. The van der Waals surface area contributed by atoms with Crippen molar-refractivity contribution < 1.29 is 0 Å². The molecule has 3 rings (SSSR count). The van der Waals surface area contributed by atoms with Crippen molar-refractivity contribution >= 4 is 0 Å². The third-order valence-electron chi connectivity index (χ3n) is 4.36. The monoisotopic (exact) mass is 279 g/mol. The van der Waals surface area contributed by atoms with E-state index in [1.54, 1.807) is 0 Å². The zero-order valence-corrected chi connectivity index (χ0v) is 13.3. The van der Waals surface area contributed by atoms with Crippen LogP contribution in [0.5, 0.6) is 0 Å². The molecule has 1 heteroatoms. The number of rotatable bonds is 5. The van der Waals surface area contributed by atoms with Gasteiger partial charge in [0.15, 0.2) is 0 Å². The molecule has 0 spiro atoms. The molecule has 2 aromatic carbocycles. The average Bonchev–Trinajstić information content (AvgIpc) is 3.31. The summed E-state index contributed by atoms with van der Waals surface area (Å²) in [5.74, 6) is 0.592. The van der Waals surface area contributed by atoms with Gasteiger partial charge >= 0.3 is 0 Å². The zero-order valence-electron chi connectivity index (χ0n) is 13.3. The van der Waals surface area contributed by atoms with Crippen LogP contribution in [0.4, 0.5) is 0 Å². The largest absolute Gasteiger partial charge is 0.310 e. The number of benzene rings is 2. The summed E-state index contributed by atoms with van der Waals surface area (Å²) in [6.07, 6.45) is 2.69. The topological polar surface area (TPSA) is 12.0 Å². The molecule has 0 aliphatic heterocycles. The maximum absolute atomic E-state index is 3.60. The van der Waals surface area contributed by atoms with Crippen molar-refractivity contribution in [2.24, 2.45) is 0 Å². The molecule has 1 fully saturated rings. The second kappa shape index (κ2) is 6.03. The molecule has 110 valence electrons. The highest BCUT2D eigenvalue weighted by Gasteiger charge is 2.20. The Morgan fingerprint density at radius 2 is 1.76 bits per heavy atom. The predicted octanol–water partition coefficient (Wildman–Crippen LogP) is 5.04. The van der Waals surface area contributed by atoms with E-state index in [9.17, 15) is 0 Å². The van der Waals surface area contributed by atoms with Crippen molar-refractivity contribution in [2.45, 2.75) is 52.1 Å². The minimum Gasteiger partial charge on any atom is -0.310 e. The van der Waals surface area contributed by atoms with E-state index in [0.717, 1.165) is 12.6 Å². The molecule has 1 aliphatic carbocycles. The summed E-state index contributed by atoms with van der Waals surface area (Å²) in [5.41, 5.74) is 6.83. The van der Waals surface area contributed by atoms with E-state index in [0.29, 0.717) is 5.92 Å². The molecule has 0 bridgehead atoms. The summed E-state index contributed by atoms with van der Waals surface area (Å²) >= 11 is 0. The summed E-state index contributed by atoms with van der Waals surface area (Å²) in [5, 5.41) is 3.60. The van der Waals surface area contributed by atoms with E-state index in [1.165, 1.54) is 40.7 Å². The van der Waals surface area contributed by atoms with Gasteiger partial charge in [-0.1, -0.05) is 50.2 Å². The Morgan fingerprint density at radius 3 is 2.38 bits per heavy atom. The van der Waals surface area contributed by atoms with Gasteiger partial charge in [0.25, 0.3) is 0 Å². The van der Waals surface area contributed by atoms with Crippen molar-refractivity contribution in [2.75, 3.05) is 0 Å². The van der Waals surface area contributed by atoms with Crippen LogP contribution in [0.2, 0.25) is 0 Å². The maximum Gasteiger partial charge on any atom is 0.0208 e. The van der Waals surface area contributed by atoms with E-state index in [2.05, 4.69) is 68.6 Å². The Hall–Kier alpha value is -1.60. The highest BCUT2D eigenvalue weighted by molar-refractivity contribution is 5.68. The quantitative estimate of drug-likeness (QED) is 0.808. The molecule has 0 saturated heterocycles. The fourth-order valence-corrected chi connectivity index (χ4v) is 2.69. The third-order valence-corrected chi connectivity index (χ3v) is 4.36. The first-order valence-corrected chi connectivity index (χ1v) is 8.07. The lowest BCUT2D eigenvalue weighted by Gasteiger charge is -2.12. The molecule has 1 nitrogen and oxygen atoms in total. The average molecular weight is 279 g/mol. The molecule has 1 aliphatic rings. The Balaban J connectivity index is 1.83. The summed E-state index contributed by atoms with van der Waals surface area (Å²) in [6, 6.07) is 16.6. The van der Waals surface area contributed by atoms with Crippen LogP contribution in [0.25, 0.3) is 11.1 Å². The van der Waals surface area contributed by atoms with Crippen LogP contribution in [0.3, 0.4) is 0 Å². The molecule has 21 heavy (non-hydrogen) atoms. The molecule has 0 heterocycles. The first kappa shape index (κ1) is 14.3. The Kier molecular flexibility index (Phi) is 4.12. The van der Waals surface area contributed by atoms with Crippen molar-refractivity contribution in [1.82, 2.24) is 5.32 Å². The summed E-state index contributed by atoms with van der Waals surface area (Å²) in [4.78, 5) is 0. The summed E-state index contributed by atoms with van der Waals surface area (Å²) in [7, 11) is 0. The summed E-state index contributed by atoms with van der Waals surface area (Å²) in [6.45, 7) is 7.67. The highest BCUT2D eigenvalue weighted by Crippen LogP contribution is 2.27. The van der Waals surface area contributed by atoms with Crippen LogP contribution in [0.1, 0.15) is 49.3 Å². The minimum atomic E-state index is 0.592. The lowest BCUT2D eigenvalue weighted by molar-refractivity contribution is 0.688. The fourth-order valence-electron chi connectivity index (χ4n) is 2.69. The number of hydrogen-bond donors (Lipinski definition) is 1. The van der Waals surface area contributed by atoms with Gasteiger partial charge < -0.3 is 5.32 Å². The van der Waals surface area contributed by atoms with Crippen LogP contribution in [0, 0.1) is 6.92 Å². The first-order valence-electron chi connectivity index (χ1n) is 8.07. The van der Waals surface area contributed by atoms with Crippen molar-refractivity contribution in [3.05, 3.63) is 59.2 Å². The van der Waals surface area contributed by atoms with Crippen molar-refractivity contribution in [3.63, 3.8) is 0 Å². The second-order valence-corrected chi connectivity index (χ2v) is 6.58. The standard InChI is InChI=1S/C20H25N/c1-14(2)17-6-8-18(9-7-17)20-12-16(5-4-15(20)3)13-21-19-10-11-19/h4-9,12,14,19,21H,10-11,13H2,1-3H3. The Bertz CT molecular complexity index is 606. The molecular formula is C20H25N. The molecule has 0 unspecified atom stereocenters. The van der Waals surface area contributed by atoms with Gasteiger partial charge in [-0.25, -0.2) is 0 Å². The van der Waals surface area contributed by atoms with Crippen LogP contribution < -0.4 is 5.32 Å². The van der Waals surface area contributed by atoms with Gasteiger partial charge in [-0.15, -0.1) is 0 Å². The van der Waals surface area contributed by atoms with Crippen LogP contribution in [-0.2, 0) is 6.54 Å². The summed E-state index contributed by atoms with van der Waals surface area (Å²) < 4.78 is 0. The van der Waals surface area contributed by atoms with E-state index < -0.39 is 0 Å². The van der Waals surface area contributed by atoms with Gasteiger partial charge in [0.05, 0.1) is 0 Å². The minimum absolute atomic E-state index is 0.592. The van der Waals surface area contributed by atoms with Crippen molar-refractivity contribution in [3.8, 4) is 11.1 Å². The zero-order chi connectivity index (χ0) is 14.8. The van der Waals surface area contributed by atoms with Crippen molar-refractivity contribution in [1.29, 1.82) is 0 Å². The normalized spacial score (nSPS) is 14.7. The molecular weight excluding hydrogens is 254 g/mol. The van der Waals surface area contributed by atoms with E-state index in [1.807, 2.05) is 0 Å². The number of nitrogens with one attached hydrogen (secondary N) is 1. The predicted molar refractivity (Wildman–Crippen MR) is 90.6 cm³/mol. The molecule has 0 atom stereocenters. The smallest absolute Gasteiger partial charge is 0.0208 e. The number of hydrogen-bond acceptors (Lipinski definition) is 1. The van der Waals surface area contributed by atoms with Gasteiger partial charge in [0.1, 0.15) is 0 Å². The van der Waals surface area contributed by atoms with Gasteiger partial charge in [-0.2, -0.15) is 0 Å². The highest BCUT2D eigenvalue weighted by atomic mass is 14.9. The van der Waals surface area contributed by atoms with Gasteiger partial charge in [0.2, 0.25) is 0 Å². The molecule has 1 saturated carbocycles. The van der Waals surface area contributed by atoms with E-state index in [-0.39, 0.29) is 0 Å². The molecule has 0 aromatic heterocycles. The van der Waals surface area contributed by atoms with Gasteiger partial charge in [0, 0.05) is 12.6 Å². The SMILES string of the molecule is Cc1ccc(CNC2CC2)cc1-c1ccc(C(C)C)cc1. The van der Waals surface area contributed by atoms with Gasteiger partial charge in [-0.05, 0) is 59.6 Å². The number of aryl methyl sites for hydroxylation is 1. The molecule has 0 radical (unpaired) electrons.